The summed E-state index contributed by atoms with van der Waals surface area (Å²) in [7, 11) is 7.50. The Morgan fingerprint density at radius 2 is 1.84 bits per heavy atom. The number of nitrogens with zero attached hydrogens (tertiary/aromatic N) is 10. The van der Waals surface area contributed by atoms with Crippen LogP contribution in [0, 0.1) is 12.8 Å². The van der Waals surface area contributed by atoms with E-state index in [0.29, 0.717) is 47.2 Å². The number of halogens is 2. The van der Waals surface area contributed by atoms with E-state index in [9.17, 15) is 18.4 Å². The van der Waals surface area contributed by atoms with E-state index in [4.69, 9.17) is 14.8 Å². The number of anilines is 4. The van der Waals surface area contributed by atoms with Crippen LogP contribution < -0.4 is 24.8 Å². The molecule has 2 fully saturated rings. The minimum absolute atomic E-state index is 0.126. The van der Waals surface area contributed by atoms with Crippen molar-refractivity contribution in [2.45, 2.75) is 64.5 Å². The van der Waals surface area contributed by atoms with Gasteiger partial charge in [0.25, 0.3) is 6.43 Å². The zero-order chi connectivity index (χ0) is 42.8. The Hall–Kier alpha value is -5.61. The van der Waals surface area contributed by atoms with Crippen molar-refractivity contribution in [3.8, 4) is 16.9 Å². The fourth-order valence-electron chi connectivity index (χ4n) is 9.57. The summed E-state index contributed by atoms with van der Waals surface area (Å²) in [6.07, 6.45) is 9.83. The molecule has 14 nitrogen and oxygen atoms in total. The molecule has 4 aromatic heterocycles. The fourth-order valence-corrected chi connectivity index (χ4v) is 9.57. The topological polar surface area (TPSA) is 120 Å². The predicted octanol–water partition coefficient (Wildman–Crippen LogP) is 6.26. The highest BCUT2D eigenvalue weighted by molar-refractivity contribution is 5.86. The van der Waals surface area contributed by atoms with E-state index in [0.717, 1.165) is 95.0 Å². The number of imide groups is 1. The van der Waals surface area contributed by atoms with Gasteiger partial charge in [0.15, 0.2) is 5.82 Å². The Labute approximate surface area is 356 Å². The Morgan fingerprint density at radius 3 is 2.57 bits per heavy atom. The Morgan fingerprint density at radius 1 is 1.05 bits per heavy atom. The highest BCUT2D eigenvalue weighted by Gasteiger charge is 2.32. The van der Waals surface area contributed by atoms with Crippen LogP contribution in [0.25, 0.3) is 16.8 Å². The van der Waals surface area contributed by atoms with Crippen LogP contribution in [0.4, 0.5) is 31.8 Å². The van der Waals surface area contributed by atoms with Crippen LogP contribution in [-0.2, 0) is 22.6 Å². The zero-order valence-electron chi connectivity index (χ0n) is 35.9. The molecule has 2 amide bonds. The molecule has 3 aliphatic heterocycles. The van der Waals surface area contributed by atoms with Gasteiger partial charge in [-0.3, -0.25) is 19.6 Å². The van der Waals surface area contributed by atoms with E-state index >= 15 is 0 Å². The zero-order valence-corrected chi connectivity index (χ0v) is 35.9. The SMILES string of the molecule is COc1cn2ccnc2cc1-c1cnc(N(C)c2nn(C3CCN(CC4CCN(c5cccc(N(C)CCC(=O)NC=O)c5C)CC4)CC3)c3c2CN(C)CC3)cc1C(F)F. The van der Waals surface area contributed by atoms with Crippen LogP contribution in [0.1, 0.15) is 67.0 Å². The van der Waals surface area contributed by atoms with Gasteiger partial charge in [-0.15, -0.1) is 0 Å². The number of hydrogen-bond donors (Lipinski definition) is 1. The van der Waals surface area contributed by atoms with Crippen LogP contribution in [0.2, 0.25) is 0 Å². The number of piperidine rings is 2. The first-order chi connectivity index (χ1) is 29.5. The van der Waals surface area contributed by atoms with Crippen LogP contribution >= 0.6 is 0 Å². The first-order valence-electron chi connectivity index (χ1n) is 21.4. The molecular weight excluding hydrogens is 781 g/mol. The third-order valence-electron chi connectivity index (χ3n) is 13.0. The van der Waals surface area contributed by atoms with Gasteiger partial charge < -0.3 is 33.6 Å². The number of methoxy groups -OCH3 is 1. The van der Waals surface area contributed by atoms with E-state index in [2.05, 4.69) is 66.8 Å². The number of nitrogens with one attached hydrogen (secondary N) is 1. The largest absolute Gasteiger partial charge is 0.495 e. The average Bonchev–Trinajstić information content (AvgIpc) is 3.89. The number of pyridine rings is 2. The third-order valence-corrected chi connectivity index (χ3v) is 13.0. The molecule has 0 unspecified atom stereocenters. The minimum Gasteiger partial charge on any atom is -0.495 e. The smallest absolute Gasteiger partial charge is 0.264 e. The summed E-state index contributed by atoms with van der Waals surface area (Å²) in [5, 5.41) is 7.48. The summed E-state index contributed by atoms with van der Waals surface area (Å²) >= 11 is 0. The van der Waals surface area contributed by atoms with Crippen molar-refractivity contribution in [1.29, 1.82) is 0 Å². The number of alkyl halides is 2. The molecule has 61 heavy (non-hydrogen) atoms. The predicted molar refractivity (Wildman–Crippen MR) is 233 cm³/mol. The molecule has 7 heterocycles. The van der Waals surface area contributed by atoms with Gasteiger partial charge in [0.2, 0.25) is 12.3 Å². The fraction of sp³-hybridized carbons (Fsp3) is 0.489. The quantitative estimate of drug-likeness (QED) is 0.128. The van der Waals surface area contributed by atoms with Crippen LogP contribution in [-0.4, -0.2) is 120 Å². The van der Waals surface area contributed by atoms with Gasteiger partial charge in [0.1, 0.15) is 17.2 Å². The van der Waals surface area contributed by atoms with Crippen molar-refractivity contribution in [2.24, 2.45) is 5.92 Å². The van der Waals surface area contributed by atoms with E-state index in [1.165, 1.54) is 36.3 Å². The number of benzene rings is 1. The van der Waals surface area contributed by atoms with E-state index in [1.54, 1.807) is 29.1 Å². The molecule has 8 rings (SSSR count). The van der Waals surface area contributed by atoms with Gasteiger partial charge >= 0.3 is 0 Å². The van der Waals surface area contributed by atoms with Crippen molar-refractivity contribution in [1.82, 2.24) is 39.3 Å². The molecule has 3 aliphatic rings. The highest BCUT2D eigenvalue weighted by Crippen LogP contribution is 2.41. The molecule has 0 aliphatic carbocycles. The van der Waals surface area contributed by atoms with Gasteiger partial charge in [-0.05, 0) is 75.4 Å². The second kappa shape index (κ2) is 18.2. The second-order valence-corrected chi connectivity index (χ2v) is 16.9. The molecule has 0 saturated carbocycles. The van der Waals surface area contributed by atoms with Gasteiger partial charge in [-0.2, -0.15) is 5.10 Å². The number of carbonyl (C=O) groups excluding carboxylic acids is 2. The number of aromatic nitrogens is 5. The van der Waals surface area contributed by atoms with Gasteiger partial charge in [0, 0.05) is 137 Å². The maximum atomic E-state index is 14.8. The second-order valence-electron chi connectivity index (χ2n) is 16.9. The summed E-state index contributed by atoms with van der Waals surface area (Å²) < 4.78 is 39.3. The maximum Gasteiger partial charge on any atom is 0.264 e. The number of rotatable bonds is 14. The van der Waals surface area contributed by atoms with Crippen molar-refractivity contribution in [3.63, 3.8) is 0 Å². The molecule has 1 N–H and O–H groups in total. The normalized spacial score (nSPS) is 16.9. The number of likely N-dealkylation sites (tertiary alicyclic amines) is 1. The number of amides is 2. The van der Waals surface area contributed by atoms with E-state index in [-0.39, 0.29) is 23.9 Å². The molecule has 0 radical (unpaired) electrons. The lowest BCUT2D eigenvalue weighted by Crippen LogP contribution is -2.42. The number of likely N-dealkylation sites (N-methyl/N-ethyl adjacent to an activating group) is 1. The first kappa shape index (κ1) is 42.1. The van der Waals surface area contributed by atoms with Crippen molar-refractivity contribution < 1.29 is 23.1 Å². The van der Waals surface area contributed by atoms with Crippen LogP contribution in [0.5, 0.6) is 5.75 Å². The molecular formula is C45H57F2N11O3. The molecule has 1 aromatic carbocycles. The number of hydrogen-bond acceptors (Lipinski definition) is 11. The molecule has 0 spiro atoms. The molecule has 0 bridgehead atoms. The number of carbonyl (C=O) groups is 2. The highest BCUT2D eigenvalue weighted by atomic mass is 19.3. The van der Waals surface area contributed by atoms with Crippen LogP contribution in [0.15, 0.2) is 55.1 Å². The van der Waals surface area contributed by atoms with Gasteiger partial charge in [-0.25, -0.2) is 18.7 Å². The standard InChI is InChI=1S/C45H57F2N11O3/c1-30-37(53(3)17-14-43(60)50-29-59)7-6-8-38(30)56-20-9-31(10-21-56)26-55-18-11-32(12-19-55)58-39-13-16-52(2)27-36(39)45(51-58)54(4)41-24-34(44(46)47)35(25-49-41)33-23-42-48-15-22-57(42)28-40(33)61-5/h6-8,15,22-25,28-29,31-32,44H,9-14,16-21,26-27H2,1-5H3,(H,50,59,60). The molecule has 0 atom stereocenters. The molecule has 2 saturated heterocycles. The van der Waals surface area contributed by atoms with E-state index < -0.39 is 6.43 Å². The first-order valence-corrected chi connectivity index (χ1v) is 21.4. The Kier molecular flexibility index (Phi) is 12.5. The van der Waals surface area contributed by atoms with Crippen LogP contribution in [0.3, 0.4) is 0 Å². The van der Waals surface area contributed by atoms with Crippen molar-refractivity contribution in [2.75, 3.05) is 88.8 Å². The summed E-state index contributed by atoms with van der Waals surface area (Å²) in [6, 6.07) is 9.88. The number of fused-ring (bicyclic) bond motifs is 2. The average molecular weight is 838 g/mol. The Balaban J connectivity index is 0.916. The monoisotopic (exact) mass is 837 g/mol. The number of imidazole rings is 1. The van der Waals surface area contributed by atoms with Gasteiger partial charge in [-0.1, -0.05) is 6.07 Å². The summed E-state index contributed by atoms with van der Waals surface area (Å²) in [6.45, 7) is 9.48. The number of ether oxygens (including phenoxy) is 1. The van der Waals surface area contributed by atoms with Crippen molar-refractivity contribution >= 4 is 41.0 Å². The van der Waals surface area contributed by atoms with Gasteiger partial charge in [0.05, 0.1) is 19.3 Å². The molecule has 16 heteroatoms. The lowest BCUT2D eigenvalue weighted by atomic mass is 9.93. The minimum atomic E-state index is -2.74. The molecule has 324 valence electrons. The third kappa shape index (κ3) is 8.78. The lowest BCUT2D eigenvalue weighted by Gasteiger charge is -2.39. The molecule has 5 aromatic rings. The summed E-state index contributed by atoms with van der Waals surface area (Å²) in [5.74, 6) is 1.99. The van der Waals surface area contributed by atoms with Crippen molar-refractivity contribution in [3.05, 3.63) is 77.5 Å². The summed E-state index contributed by atoms with van der Waals surface area (Å²) in [5.41, 5.74) is 7.24. The lowest BCUT2D eigenvalue weighted by molar-refractivity contribution is -0.125. The Bertz CT molecular complexity index is 2350. The summed E-state index contributed by atoms with van der Waals surface area (Å²) in [4.78, 5) is 42.9. The maximum absolute atomic E-state index is 14.8. The van der Waals surface area contributed by atoms with E-state index in [1.807, 2.05) is 19.0 Å².